The molecule has 1 heterocycles. The van der Waals surface area contributed by atoms with Gasteiger partial charge in [0.05, 0.1) is 19.2 Å². The predicted molar refractivity (Wildman–Crippen MR) is 68.7 cm³/mol. The molecule has 0 fully saturated rings. The summed E-state index contributed by atoms with van der Waals surface area (Å²) in [6.07, 6.45) is 0. The molecule has 6 nitrogen and oxygen atoms in total. The zero-order valence-corrected chi connectivity index (χ0v) is 10.5. The molecule has 2 aromatic rings. The van der Waals surface area contributed by atoms with Gasteiger partial charge in [0.15, 0.2) is 5.56 Å². The number of aromatic amines is 1. The molecule has 0 saturated heterocycles. The molecule has 1 aromatic heterocycles. The van der Waals surface area contributed by atoms with Gasteiger partial charge in [0.1, 0.15) is 11.5 Å². The number of H-pyrrole nitrogens is 1. The monoisotopic (exact) mass is 263 g/mol. The van der Waals surface area contributed by atoms with E-state index in [4.69, 9.17) is 9.47 Å². The Morgan fingerprint density at radius 3 is 2.79 bits per heavy atom. The minimum Gasteiger partial charge on any atom is -0.506 e. The van der Waals surface area contributed by atoms with E-state index in [-0.39, 0.29) is 6.61 Å². The van der Waals surface area contributed by atoms with Gasteiger partial charge in [0.25, 0.3) is 5.56 Å². The van der Waals surface area contributed by atoms with Crippen LogP contribution in [0.2, 0.25) is 0 Å². The first kappa shape index (κ1) is 12.9. The number of aromatic hydroxyl groups is 1. The predicted octanol–water partition coefficient (Wildman–Crippen LogP) is 1.42. The van der Waals surface area contributed by atoms with Crippen molar-refractivity contribution >= 4 is 16.9 Å². The number of hydrogen-bond donors (Lipinski definition) is 2. The van der Waals surface area contributed by atoms with Crippen LogP contribution in [-0.2, 0) is 4.74 Å². The van der Waals surface area contributed by atoms with Crippen molar-refractivity contribution in [1.82, 2.24) is 4.98 Å². The lowest BCUT2D eigenvalue weighted by Crippen LogP contribution is -2.20. The molecular weight excluding hydrogens is 250 g/mol. The Labute approximate surface area is 108 Å². The van der Waals surface area contributed by atoms with Gasteiger partial charge in [-0.1, -0.05) is 6.07 Å². The van der Waals surface area contributed by atoms with Gasteiger partial charge in [0.2, 0.25) is 0 Å². The number of nitrogens with one attached hydrogen (secondary N) is 1. The summed E-state index contributed by atoms with van der Waals surface area (Å²) in [5.41, 5.74) is -0.781. The van der Waals surface area contributed by atoms with E-state index >= 15 is 0 Å². The van der Waals surface area contributed by atoms with E-state index in [2.05, 4.69) is 4.98 Å². The quantitative estimate of drug-likeness (QED) is 0.817. The highest BCUT2D eigenvalue weighted by Crippen LogP contribution is 2.30. The first-order chi connectivity index (χ1) is 9.10. The average Bonchev–Trinajstić information content (AvgIpc) is 2.38. The summed E-state index contributed by atoms with van der Waals surface area (Å²) in [6.45, 7) is 1.74. The highest BCUT2D eigenvalue weighted by molar-refractivity contribution is 6.00. The van der Waals surface area contributed by atoms with Crippen molar-refractivity contribution in [1.29, 1.82) is 0 Å². The molecule has 2 N–H and O–H groups in total. The summed E-state index contributed by atoms with van der Waals surface area (Å²) < 4.78 is 9.83. The number of ether oxygens (including phenoxy) is 2. The number of methoxy groups -OCH3 is 1. The van der Waals surface area contributed by atoms with Crippen molar-refractivity contribution in [3.05, 3.63) is 34.1 Å². The molecular formula is C13H13NO5. The van der Waals surface area contributed by atoms with Crippen LogP contribution in [-0.4, -0.2) is 29.8 Å². The molecule has 0 spiro atoms. The molecule has 0 amide bonds. The SMILES string of the molecule is CCOC(=O)c1c(O)c2cccc(OC)c2[nH]c1=O. The molecule has 6 heteroatoms. The number of carbonyl (C=O) groups excluding carboxylic acids is 1. The van der Waals surface area contributed by atoms with Crippen LogP contribution in [0.15, 0.2) is 23.0 Å². The lowest BCUT2D eigenvalue weighted by Gasteiger charge is -2.09. The molecule has 1 aromatic carbocycles. The third-order valence-corrected chi connectivity index (χ3v) is 2.68. The largest absolute Gasteiger partial charge is 0.506 e. The Morgan fingerprint density at radius 1 is 1.42 bits per heavy atom. The number of hydrogen-bond acceptors (Lipinski definition) is 5. The zero-order valence-electron chi connectivity index (χ0n) is 10.5. The second-order valence-corrected chi connectivity index (χ2v) is 3.78. The highest BCUT2D eigenvalue weighted by Gasteiger charge is 2.21. The lowest BCUT2D eigenvalue weighted by atomic mass is 10.1. The number of carbonyl (C=O) groups is 1. The van der Waals surface area contributed by atoms with Crippen molar-refractivity contribution in [3.63, 3.8) is 0 Å². The summed E-state index contributed by atoms with van der Waals surface area (Å²) in [5, 5.41) is 10.4. The van der Waals surface area contributed by atoms with Gasteiger partial charge in [0, 0.05) is 5.39 Å². The van der Waals surface area contributed by atoms with Crippen molar-refractivity contribution in [3.8, 4) is 11.5 Å². The number of para-hydroxylation sites is 1. The molecule has 0 aliphatic heterocycles. The van der Waals surface area contributed by atoms with Crippen LogP contribution in [0, 0.1) is 0 Å². The molecule has 2 rings (SSSR count). The summed E-state index contributed by atoms with van der Waals surface area (Å²) >= 11 is 0. The van der Waals surface area contributed by atoms with Crippen molar-refractivity contribution < 1.29 is 19.4 Å². The van der Waals surface area contributed by atoms with Gasteiger partial charge in [-0.25, -0.2) is 4.79 Å². The van der Waals surface area contributed by atoms with E-state index in [9.17, 15) is 14.7 Å². The fourth-order valence-corrected chi connectivity index (χ4v) is 1.84. The van der Waals surface area contributed by atoms with Gasteiger partial charge < -0.3 is 19.6 Å². The number of aromatic nitrogens is 1. The van der Waals surface area contributed by atoms with Crippen LogP contribution in [0.3, 0.4) is 0 Å². The van der Waals surface area contributed by atoms with E-state index in [1.54, 1.807) is 25.1 Å². The Hall–Kier alpha value is -2.50. The molecule has 0 bridgehead atoms. The minimum atomic E-state index is -0.856. The number of fused-ring (bicyclic) bond motifs is 1. The van der Waals surface area contributed by atoms with Crippen LogP contribution in [0.1, 0.15) is 17.3 Å². The Morgan fingerprint density at radius 2 is 2.16 bits per heavy atom. The number of benzene rings is 1. The maximum atomic E-state index is 11.9. The standard InChI is InChI=1S/C13H13NO5/c1-3-19-13(17)9-11(15)7-5-4-6-8(18-2)10(7)14-12(9)16/h4-6H,3H2,1-2H3,(H2,14,15,16). The minimum absolute atomic E-state index is 0.119. The molecule has 0 aliphatic carbocycles. The van der Waals surface area contributed by atoms with Crippen LogP contribution in [0.5, 0.6) is 11.5 Å². The first-order valence-electron chi connectivity index (χ1n) is 5.69. The molecule has 100 valence electrons. The fraction of sp³-hybridized carbons (Fsp3) is 0.231. The van der Waals surface area contributed by atoms with Gasteiger partial charge in [-0.05, 0) is 19.1 Å². The molecule has 0 atom stereocenters. The van der Waals surface area contributed by atoms with Crippen molar-refractivity contribution in [2.24, 2.45) is 0 Å². The zero-order chi connectivity index (χ0) is 14.0. The third kappa shape index (κ3) is 2.12. The number of rotatable bonds is 3. The number of pyridine rings is 1. The van der Waals surface area contributed by atoms with E-state index in [0.29, 0.717) is 16.7 Å². The number of esters is 1. The third-order valence-electron chi connectivity index (χ3n) is 2.68. The maximum absolute atomic E-state index is 11.9. The van der Waals surface area contributed by atoms with Gasteiger partial charge >= 0.3 is 5.97 Å². The highest BCUT2D eigenvalue weighted by atomic mass is 16.5. The second kappa shape index (κ2) is 5.01. The van der Waals surface area contributed by atoms with Crippen LogP contribution in [0.25, 0.3) is 10.9 Å². The lowest BCUT2D eigenvalue weighted by molar-refractivity contribution is 0.0521. The van der Waals surface area contributed by atoms with E-state index in [1.807, 2.05) is 0 Å². The van der Waals surface area contributed by atoms with Gasteiger partial charge in [-0.15, -0.1) is 0 Å². The normalized spacial score (nSPS) is 10.4. The summed E-state index contributed by atoms with van der Waals surface area (Å²) in [5.74, 6) is -0.859. The smallest absolute Gasteiger partial charge is 0.347 e. The topological polar surface area (TPSA) is 88.6 Å². The Balaban J connectivity index is 2.77. The molecule has 19 heavy (non-hydrogen) atoms. The average molecular weight is 263 g/mol. The molecule has 0 saturated carbocycles. The Kier molecular flexibility index (Phi) is 3.41. The summed E-state index contributed by atoms with van der Waals surface area (Å²) in [7, 11) is 1.45. The Bertz CT molecular complexity index is 689. The van der Waals surface area contributed by atoms with E-state index < -0.39 is 22.8 Å². The van der Waals surface area contributed by atoms with Crippen molar-refractivity contribution in [2.75, 3.05) is 13.7 Å². The molecule has 0 radical (unpaired) electrons. The summed E-state index contributed by atoms with van der Waals surface area (Å²) in [6, 6.07) is 4.86. The second-order valence-electron chi connectivity index (χ2n) is 3.78. The van der Waals surface area contributed by atoms with Crippen molar-refractivity contribution in [2.45, 2.75) is 6.92 Å². The molecule has 0 unspecified atom stereocenters. The summed E-state index contributed by atoms with van der Waals surface area (Å²) in [4.78, 5) is 26.0. The van der Waals surface area contributed by atoms with Gasteiger partial charge in [-0.3, -0.25) is 4.79 Å². The molecule has 0 aliphatic rings. The van der Waals surface area contributed by atoms with Crippen LogP contribution < -0.4 is 10.3 Å². The van der Waals surface area contributed by atoms with Gasteiger partial charge in [-0.2, -0.15) is 0 Å². The fourth-order valence-electron chi connectivity index (χ4n) is 1.84. The maximum Gasteiger partial charge on any atom is 0.347 e. The van der Waals surface area contributed by atoms with E-state index in [1.165, 1.54) is 7.11 Å². The van der Waals surface area contributed by atoms with E-state index in [0.717, 1.165) is 0 Å². The first-order valence-corrected chi connectivity index (χ1v) is 5.69. The van der Waals surface area contributed by atoms with Crippen LogP contribution in [0.4, 0.5) is 0 Å². The van der Waals surface area contributed by atoms with Crippen LogP contribution >= 0.6 is 0 Å².